The van der Waals surface area contributed by atoms with E-state index in [1.807, 2.05) is 0 Å². The lowest BCUT2D eigenvalue weighted by Gasteiger charge is -1.99. The predicted octanol–water partition coefficient (Wildman–Crippen LogP) is 3.73. The molecule has 0 atom stereocenters. The number of rotatable bonds is 1. The van der Waals surface area contributed by atoms with Crippen LogP contribution in [-0.4, -0.2) is 5.24 Å². The maximum Gasteiger partial charge on any atom is 0.252 e. The lowest BCUT2D eigenvalue weighted by molar-refractivity contribution is 0.108. The number of carbonyl (C=O) groups is 1. The highest BCUT2D eigenvalue weighted by atomic mass is 79.9. The first-order chi connectivity index (χ1) is 5.52. The first kappa shape index (κ1) is 10.2. The monoisotopic (exact) mass is 314 g/mol. The van der Waals surface area contributed by atoms with E-state index >= 15 is 0 Å². The van der Waals surface area contributed by atoms with Gasteiger partial charge in [-0.15, -0.1) is 0 Å². The van der Waals surface area contributed by atoms with E-state index in [-0.39, 0.29) is 10.0 Å². The van der Waals surface area contributed by atoms with Crippen molar-refractivity contribution in [2.45, 2.75) is 0 Å². The highest BCUT2D eigenvalue weighted by Crippen LogP contribution is 2.27. The first-order valence-electron chi connectivity index (χ1n) is 2.86. The fourth-order valence-electron chi connectivity index (χ4n) is 0.669. The summed E-state index contributed by atoms with van der Waals surface area (Å²) in [7, 11) is 0. The predicted molar refractivity (Wildman–Crippen MR) is 52.0 cm³/mol. The molecule has 1 aromatic carbocycles. The zero-order chi connectivity index (χ0) is 9.30. The van der Waals surface area contributed by atoms with Crippen molar-refractivity contribution in [3.63, 3.8) is 0 Å². The zero-order valence-corrected chi connectivity index (χ0v) is 9.50. The van der Waals surface area contributed by atoms with Crippen LogP contribution in [0.3, 0.4) is 0 Å². The van der Waals surface area contributed by atoms with Crippen LogP contribution in [0.25, 0.3) is 0 Å². The Labute approximate surface area is 90.2 Å². The Morgan fingerprint density at radius 3 is 2.42 bits per heavy atom. The summed E-state index contributed by atoms with van der Waals surface area (Å²) in [5, 5.41) is -0.679. The molecule has 0 bridgehead atoms. The standard InChI is InChI=1S/C7H2Br2ClFO/c8-4-1-3(7(10)12)2-5(11)6(4)9/h1-2H. The fourth-order valence-corrected chi connectivity index (χ4v) is 1.44. The molecule has 0 aromatic heterocycles. The molecule has 12 heavy (non-hydrogen) atoms. The van der Waals surface area contributed by atoms with Crippen molar-refractivity contribution in [1.82, 2.24) is 0 Å². The Morgan fingerprint density at radius 2 is 2.00 bits per heavy atom. The molecule has 1 nitrogen and oxygen atoms in total. The Balaban J connectivity index is 3.31. The minimum Gasteiger partial charge on any atom is -0.276 e. The average Bonchev–Trinajstić information content (AvgIpc) is 1.99. The number of benzene rings is 1. The van der Waals surface area contributed by atoms with Crippen LogP contribution in [0.4, 0.5) is 4.39 Å². The van der Waals surface area contributed by atoms with E-state index in [2.05, 4.69) is 31.9 Å². The van der Waals surface area contributed by atoms with Gasteiger partial charge >= 0.3 is 0 Å². The molecule has 1 aromatic rings. The summed E-state index contributed by atoms with van der Waals surface area (Å²) in [5.41, 5.74) is 0.129. The quantitative estimate of drug-likeness (QED) is 0.570. The Hall–Kier alpha value is 0.0700. The molecule has 0 heterocycles. The van der Waals surface area contributed by atoms with Crippen LogP contribution in [0.1, 0.15) is 10.4 Å². The SMILES string of the molecule is O=C(Cl)c1cc(F)c(Br)c(Br)c1. The van der Waals surface area contributed by atoms with Gasteiger partial charge in [0.2, 0.25) is 0 Å². The molecule has 0 aliphatic carbocycles. The topological polar surface area (TPSA) is 17.1 Å². The van der Waals surface area contributed by atoms with E-state index in [4.69, 9.17) is 11.6 Å². The molecule has 1 rings (SSSR count). The third-order valence-corrected chi connectivity index (χ3v) is 3.39. The van der Waals surface area contributed by atoms with Crippen molar-refractivity contribution in [3.05, 3.63) is 32.5 Å². The molecule has 0 unspecified atom stereocenters. The molecule has 0 N–H and O–H groups in total. The Morgan fingerprint density at radius 1 is 1.42 bits per heavy atom. The van der Waals surface area contributed by atoms with Gasteiger partial charge in [0.15, 0.2) is 0 Å². The number of hydrogen-bond acceptors (Lipinski definition) is 1. The van der Waals surface area contributed by atoms with Crippen molar-refractivity contribution >= 4 is 48.7 Å². The lowest BCUT2D eigenvalue weighted by atomic mass is 10.2. The minimum atomic E-state index is -0.679. The summed E-state index contributed by atoms with van der Waals surface area (Å²) in [6, 6.07) is 2.52. The van der Waals surface area contributed by atoms with Crippen LogP contribution in [0.15, 0.2) is 21.1 Å². The van der Waals surface area contributed by atoms with Gasteiger partial charge in [0.25, 0.3) is 5.24 Å². The second-order valence-corrected chi connectivity index (χ2v) is 4.02. The molecule has 64 valence electrons. The molecule has 0 spiro atoms. The highest BCUT2D eigenvalue weighted by Gasteiger charge is 2.09. The van der Waals surface area contributed by atoms with E-state index in [0.717, 1.165) is 6.07 Å². The molecule has 0 fully saturated rings. The van der Waals surface area contributed by atoms with E-state index in [0.29, 0.717) is 4.47 Å². The smallest absolute Gasteiger partial charge is 0.252 e. The zero-order valence-electron chi connectivity index (χ0n) is 5.57. The second kappa shape index (κ2) is 3.85. The van der Waals surface area contributed by atoms with Crippen LogP contribution < -0.4 is 0 Å². The van der Waals surface area contributed by atoms with Gasteiger partial charge in [0.05, 0.1) is 4.47 Å². The summed E-state index contributed by atoms with van der Waals surface area (Å²) in [6.45, 7) is 0. The summed E-state index contributed by atoms with van der Waals surface area (Å²) in [5.74, 6) is -0.520. The van der Waals surface area contributed by atoms with Crippen LogP contribution >= 0.6 is 43.5 Å². The van der Waals surface area contributed by atoms with Crippen molar-refractivity contribution in [2.24, 2.45) is 0 Å². The van der Waals surface area contributed by atoms with Crippen molar-refractivity contribution in [2.75, 3.05) is 0 Å². The molecule has 0 aliphatic heterocycles. The molecule has 5 heteroatoms. The Kier molecular flexibility index (Phi) is 3.26. The van der Waals surface area contributed by atoms with E-state index < -0.39 is 11.1 Å². The molecular formula is C7H2Br2ClFO. The number of carbonyl (C=O) groups excluding carboxylic acids is 1. The van der Waals surface area contributed by atoms with Crippen molar-refractivity contribution < 1.29 is 9.18 Å². The van der Waals surface area contributed by atoms with Crippen molar-refractivity contribution in [1.29, 1.82) is 0 Å². The molecule has 0 radical (unpaired) electrons. The van der Waals surface area contributed by atoms with Gasteiger partial charge in [-0.3, -0.25) is 4.79 Å². The van der Waals surface area contributed by atoms with Gasteiger partial charge in [0.1, 0.15) is 5.82 Å². The molecule has 0 amide bonds. The summed E-state index contributed by atoms with van der Waals surface area (Å²) < 4.78 is 13.7. The van der Waals surface area contributed by atoms with Crippen molar-refractivity contribution in [3.8, 4) is 0 Å². The van der Waals surface area contributed by atoms with E-state index in [1.54, 1.807) is 0 Å². The van der Waals surface area contributed by atoms with Gasteiger partial charge < -0.3 is 0 Å². The van der Waals surface area contributed by atoms with Crippen LogP contribution in [0, 0.1) is 5.82 Å². The molecule has 0 aliphatic rings. The number of halogens is 4. The van der Waals surface area contributed by atoms with Gasteiger partial charge in [0, 0.05) is 10.0 Å². The van der Waals surface area contributed by atoms with Gasteiger partial charge in [-0.1, -0.05) is 0 Å². The van der Waals surface area contributed by atoms with E-state index in [1.165, 1.54) is 6.07 Å². The van der Waals surface area contributed by atoms with Crippen LogP contribution in [0.2, 0.25) is 0 Å². The Bertz CT molecular complexity index is 317. The summed E-state index contributed by atoms with van der Waals surface area (Å²) in [6.07, 6.45) is 0. The first-order valence-corrected chi connectivity index (χ1v) is 4.83. The van der Waals surface area contributed by atoms with Crippen LogP contribution in [0.5, 0.6) is 0 Å². The van der Waals surface area contributed by atoms with E-state index in [9.17, 15) is 9.18 Å². The average molecular weight is 316 g/mol. The summed E-state index contributed by atoms with van der Waals surface area (Å²) in [4.78, 5) is 10.6. The molecular weight excluding hydrogens is 314 g/mol. The molecule has 0 saturated carbocycles. The summed E-state index contributed by atoms with van der Waals surface area (Å²) >= 11 is 11.2. The fraction of sp³-hybridized carbons (Fsp3) is 0. The van der Waals surface area contributed by atoms with Gasteiger partial charge in [-0.2, -0.15) is 0 Å². The van der Waals surface area contributed by atoms with Gasteiger partial charge in [-0.25, -0.2) is 4.39 Å². The van der Waals surface area contributed by atoms with Gasteiger partial charge in [-0.05, 0) is 55.6 Å². The normalized spacial score (nSPS) is 10.0. The maximum atomic E-state index is 12.9. The molecule has 0 saturated heterocycles. The largest absolute Gasteiger partial charge is 0.276 e. The third kappa shape index (κ3) is 2.06. The third-order valence-electron chi connectivity index (χ3n) is 1.21. The maximum absolute atomic E-state index is 12.9. The van der Waals surface area contributed by atoms with Crippen LogP contribution in [-0.2, 0) is 0 Å². The highest BCUT2D eigenvalue weighted by molar-refractivity contribution is 9.13. The second-order valence-electron chi connectivity index (χ2n) is 2.03. The number of hydrogen-bond donors (Lipinski definition) is 0. The minimum absolute atomic E-state index is 0.129. The lowest BCUT2D eigenvalue weighted by Crippen LogP contribution is -1.91.